The Morgan fingerprint density at radius 2 is 1.78 bits per heavy atom. The summed E-state index contributed by atoms with van der Waals surface area (Å²) in [6.45, 7) is 5.75. The van der Waals surface area contributed by atoms with E-state index in [4.69, 9.17) is 16.3 Å². The van der Waals surface area contributed by atoms with Gasteiger partial charge in [-0.25, -0.2) is 4.68 Å². The van der Waals surface area contributed by atoms with Gasteiger partial charge in [-0.2, -0.15) is 0 Å². The van der Waals surface area contributed by atoms with Crippen molar-refractivity contribution in [2.75, 3.05) is 6.61 Å². The molecule has 0 bridgehead atoms. The summed E-state index contributed by atoms with van der Waals surface area (Å²) < 4.78 is 7.68. The van der Waals surface area contributed by atoms with Gasteiger partial charge in [-0.15, -0.1) is 5.10 Å². The van der Waals surface area contributed by atoms with Gasteiger partial charge in [-0.1, -0.05) is 16.8 Å². The second kappa shape index (κ2) is 7.01. The SMILES string of the molecule is Cc1cc2nnn(CCCCOc3ccc(Cl)cc3)c2cc1C. The average molecular weight is 330 g/mol. The Morgan fingerprint density at radius 3 is 2.57 bits per heavy atom. The van der Waals surface area contributed by atoms with Crippen LogP contribution in [0.2, 0.25) is 5.02 Å². The third-order valence-electron chi connectivity index (χ3n) is 3.98. The molecule has 0 saturated carbocycles. The monoisotopic (exact) mass is 329 g/mol. The molecule has 0 atom stereocenters. The molecule has 3 aromatic rings. The Labute approximate surface area is 141 Å². The zero-order valence-corrected chi connectivity index (χ0v) is 14.2. The van der Waals surface area contributed by atoms with Crippen molar-refractivity contribution in [1.29, 1.82) is 0 Å². The second-order valence-electron chi connectivity index (χ2n) is 5.75. The van der Waals surface area contributed by atoms with E-state index < -0.39 is 0 Å². The van der Waals surface area contributed by atoms with Crippen molar-refractivity contribution in [2.45, 2.75) is 33.2 Å². The lowest BCUT2D eigenvalue weighted by molar-refractivity contribution is 0.302. The van der Waals surface area contributed by atoms with Crippen LogP contribution in [0.1, 0.15) is 24.0 Å². The molecule has 0 aliphatic rings. The summed E-state index contributed by atoms with van der Waals surface area (Å²) in [4.78, 5) is 0. The predicted molar refractivity (Wildman–Crippen MR) is 93.2 cm³/mol. The van der Waals surface area contributed by atoms with E-state index in [1.165, 1.54) is 11.1 Å². The first-order chi connectivity index (χ1) is 11.1. The van der Waals surface area contributed by atoms with Gasteiger partial charge in [0.1, 0.15) is 11.3 Å². The van der Waals surface area contributed by atoms with Crippen LogP contribution >= 0.6 is 11.6 Å². The average Bonchev–Trinajstić information content (AvgIpc) is 2.91. The Hall–Kier alpha value is -2.07. The van der Waals surface area contributed by atoms with Gasteiger partial charge in [0.25, 0.3) is 0 Å². The minimum Gasteiger partial charge on any atom is -0.494 e. The zero-order chi connectivity index (χ0) is 16.2. The molecule has 0 radical (unpaired) electrons. The molecule has 0 saturated heterocycles. The van der Waals surface area contributed by atoms with Crippen LogP contribution in [0.3, 0.4) is 0 Å². The number of nitrogens with zero attached hydrogens (tertiary/aromatic N) is 3. The molecule has 5 heteroatoms. The van der Waals surface area contributed by atoms with Gasteiger partial charge < -0.3 is 4.74 Å². The van der Waals surface area contributed by atoms with Crippen LogP contribution in [0, 0.1) is 13.8 Å². The van der Waals surface area contributed by atoms with Crippen molar-refractivity contribution in [3.05, 3.63) is 52.5 Å². The first-order valence-electron chi connectivity index (χ1n) is 7.82. The summed E-state index contributed by atoms with van der Waals surface area (Å²) in [5.74, 6) is 0.853. The largest absolute Gasteiger partial charge is 0.494 e. The Kier molecular flexibility index (Phi) is 4.82. The number of ether oxygens (including phenoxy) is 1. The third-order valence-corrected chi connectivity index (χ3v) is 4.23. The number of unbranched alkanes of at least 4 members (excludes halogenated alkanes) is 1. The fraction of sp³-hybridized carbons (Fsp3) is 0.333. The molecule has 0 N–H and O–H groups in total. The van der Waals surface area contributed by atoms with Gasteiger partial charge in [0.05, 0.1) is 12.1 Å². The Balaban J connectivity index is 1.51. The maximum absolute atomic E-state index is 5.85. The summed E-state index contributed by atoms with van der Waals surface area (Å²) >= 11 is 5.85. The van der Waals surface area contributed by atoms with E-state index in [1.807, 2.05) is 28.9 Å². The van der Waals surface area contributed by atoms with Crippen LogP contribution in [0.15, 0.2) is 36.4 Å². The number of hydrogen-bond donors (Lipinski definition) is 0. The number of rotatable bonds is 6. The second-order valence-corrected chi connectivity index (χ2v) is 6.18. The van der Waals surface area contributed by atoms with Gasteiger partial charge in [0.15, 0.2) is 0 Å². The number of hydrogen-bond acceptors (Lipinski definition) is 3. The number of halogens is 1. The number of aromatic nitrogens is 3. The van der Waals surface area contributed by atoms with Crippen LogP contribution in [0.5, 0.6) is 5.75 Å². The van der Waals surface area contributed by atoms with E-state index in [2.05, 4.69) is 36.3 Å². The standard InChI is InChI=1S/C18H20ClN3O/c1-13-11-17-18(12-14(13)2)22(21-20-17)9-3-4-10-23-16-7-5-15(19)6-8-16/h5-8,11-12H,3-4,9-10H2,1-2H3. The van der Waals surface area contributed by atoms with E-state index in [-0.39, 0.29) is 0 Å². The highest BCUT2D eigenvalue weighted by Crippen LogP contribution is 2.18. The summed E-state index contributed by atoms with van der Waals surface area (Å²) in [6.07, 6.45) is 1.97. The van der Waals surface area contributed by atoms with Crippen LogP contribution in [0.4, 0.5) is 0 Å². The third kappa shape index (κ3) is 3.82. The van der Waals surface area contributed by atoms with Gasteiger partial charge in [-0.05, 0) is 74.2 Å². The van der Waals surface area contributed by atoms with E-state index >= 15 is 0 Å². The molecule has 3 rings (SSSR count). The van der Waals surface area contributed by atoms with Gasteiger partial charge >= 0.3 is 0 Å². The lowest BCUT2D eigenvalue weighted by atomic mass is 10.1. The number of benzene rings is 2. The molecule has 0 fully saturated rings. The van der Waals surface area contributed by atoms with Crippen LogP contribution in [-0.2, 0) is 6.54 Å². The summed E-state index contributed by atoms with van der Waals surface area (Å²) in [7, 11) is 0. The van der Waals surface area contributed by atoms with Gasteiger partial charge in [0.2, 0.25) is 0 Å². The topological polar surface area (TPSA) is 39.9 Å². The number of aryl methyl sites for hydroxylation is 3. The Morgan fingerprint density at radius 1 is 1.04 bits per heavy atom. The number of fused-ring (bicyclic) bond motifs is 1. The summed E-state index contributed by atoms with van der Waals surface area (Å²) in [5.41, 5.74) is 4.59. The molecule has 0 spiro atoms. The highest BCUT2D eigenvalue weighted by molar-refractivity contribution is 6.30. The summed E-state index contributed by atoms with van der Waals surface area (Å²) in [6, 6.07) is 11.7. The van der Waals surface area contributed by atoms with Crippen molar-refractivity contribution in [2.24, 2.45) is 0 Å². The molecule has 2 aromatic carbocycles. The highest BCUT2D eigenvalue weighted by atomic mass is 35.5. The van der Waals surface area contributed by atoms with Crippen molar-refractivity contribution < 1.29 is 4.74 Å². The van der Waals surface area contributed by atoms with Gasteiger partial charge in [0, 0.05) is 11.6 Å². The lowest BCUT2D eigenvalue weighted by Gasteiger charge is -2.07. The maximum atomic E-state index is 5.85. The van der Waals surface area contributed by atoms with Gasteiger partial charge in [-0.3, -0.25) is 0 Å². The normalized spacial score (nSPS) is 11.1. The van der Waals surface area contributed by atoms with E-state index in [0.29, 0.717) is 6.61 Å². The van der Waals surface area contributed by atoms with Crippen LogP contribution in [0.25, 0.3) is 11.0 Å². The highest BCUT2D eigenvalue weighted by Gasteiger charge is 2.06. The molecule has 0 aliphatic heterocycles. The van der Waals surface area contributed by atoms with Crippen LogP contribution in [-0.4, -0.2) is 21.6 Å². The quantitative estimate of drug-likeness (QED) is 0.622. The molecular weight excluding hydrogens is 310 g/mol. The van der Waals surface area contributed by atoms with E-state index in [9.17, 15) is 0 Å². The van der Waals surface area contributed by atoms with Crippen LogP contribution < -0.4 is 4.74 Å². The molecule has 1 aromatic heterocycles. The van der Waals surface area contributed by atoms with E-state index in [0.717, 1.165) is 41.2 Å². The molecule has 0 aliphatic carbocycles. The van der Waals surface area contributed by atoms with E-state index in [1.54, 1.807) is 0 Å². The van der Waals surface area contributed by atoms with Crippen molar-refractivity contribution >= 4 is 22.6 Å². The summed E-state index contributed by atoms with van der Waals surface area (Å²) in [5, 5.41) is 9.22. The zero-order valence-electron chi connectivity index (χ0n) is 13.4. The fourth-order valence-corrected chi connectivity index (χ4v) is 2.60. The van der Waals surface area contributed by atoms with Crippen molar-refractivity contribution in [1.82, 2.24) is 15.0 Å². The van der Waals surface area contributed by atoms with Crippen molar-refractivity contribution in [3.63, 3.8) is 0 Å². The minimum atomic E-state index is 0.687. The first kappa shape index (κ1) is 15.8. The molecule has 1 heterocycles. The Bertz CT molecular complexity index is 796. The first-order valence-corrected chi connectivity index (χ1v) is 8.20. The molecule has 0 amide bonds. The minimum absolute atomic E-state index is 0.687. The smallest absolute Gasteiger partial charge is 0.119 e. The van der Waals surface area contributed by atoms with Crippen molar-refractivity contribution in [3.8, 4) is 5.75 Å². The maximum Gasteiger partial charge on any atom is 0.119 e. The molecule has 0 unspecified atom stereocenters. The molecular formula is C18H20ClN3O. The lowest BCUT2D eigenvalue weighted by Crippen LogP contribution is -2.04. The molecule has 120 valence electrons. The molecule has 23 heavy (non-hydrogen) atoms. The predicted octanol–water partition coefficient (Wildman–Crippen LogP) is 4.56. The molecule has 4 nitrogen and oxygen atoms in total. The fourth-order valence-electron chi connectivity index (χ4n) is 2.47.